The molecule has 51 heavy (non-hydrogen) atoms. The van der Waals surface area contributed by atoms with Gasteiger partial charge in [0.2, 0.25) is 21.8 Å². The highest BCUT2D eigenvalue weighted by atomic mass is 32.2. The van der Waals surface area contributed by atoms with Crippen molar-refractivity contribution in [2.45, 2.75) is 74.8 Å². The Kier molecular flexibility index (Phi) is 9.10. The van der Waals surface area contributed by atoms with E-state index in [4.69, 9.17) is 19.4 Å². The number of aromatic nitrogens is 2. The Morgan fingerprint density at radius 1 is 1.12 bits per heavy atom. The summed E-state index contributed by atoms with van der Waals surface area (Å²) in [5.74, 6) is -1.02. The van der Waals surface area contributed by atoms with Crippen molar-refractivity contribution in [2.75, 3.05) is 27.2 Å². The maximum Gasteiger partial charge on any atom is 0.320 e. The highest BCUT2D eigenvalue weighted by molar-refractivity contribution is 7.91. The molecule has 0 radical (unpaired) electrons. The quantitative estimate of drug-likeness (QED) is 0.338. The molecule has 0 spiro atoms. The number of carbonyl (C=O) groups excluding carboxylic acids is 3. The van der Waals surface area contributed by atoms with Gasteiger partial charge in [0.25, 0.3) is 5.91 Å². The van der Waals surface area contributed by atoms with Crippen LogP contribution >= 0.6 is 0 Å². The standard InChI is InChI=1S/C36H41FN6O7S.2H2/c1-21-29(49-3)16-15-27-30(21)38-31(22-9-11-24(37)12-10-22)39-33(27)50-25-18-28-32(44)40-36(34(45)41-51(47,48)26-13-14-26)19-23(36)8-6-4-5-7-17-42(2)35(46)43(28)20-25;;/h6,8-12,15-16,23,25-26,28H,4-5,7,13-14,17-20H2,1-3H3,(H,40,44)(H,41,45);2*1H/b8-6-;;/t23-,25-,28+,36?;;/m1../s1. The fraction of sp³-hybridized carbons (Fsp3) is 0.472. The van der Waals surface area contributed by atoms with E-state index < -0.39 is 56.5 Å². The summed E-state index contributed by atoms with van der Waals surface area (Å²) in [4.78, 5) is 54.1. The van der Waals surface area contributed by atoms with Crippen LogP contribution < -0.4 is 19.5 Å². The molecule has 2 aliphatic heterocycles. The number of hydrogen-bond donors (Lipinski definition) is 2. The number of amides is 4. The minimum absolute atomic E-state index is 0. The number of benzene rings is 2. The molecule has 3 aromatic rings. The number of methoxy groups -OCH3 is 1. The molecular formula is C36H45FN6O7S. The van der Waals surface area contributed by atoms with Crippen LogP contribution in [-0.2, 0) is 19.6 Å². The molecule has 2 aliphatic carbocycles. The van der Waals surface area contributed by atoms with Gasteiger partial charge in [-0.15, -0.1) is 0 Å². The molecular weight excluding hydrogens is 679 g/mol. The molecule has 4 atom stereocenters. The van der Waals surface area contributed by atoms with E-state index in [-0.39, 0.29) is 34.2 Å². The van der Waals surface area contributed by atoms with Crippen molar-refractivity contribution in [1.82, 2.24) is 29.8 Å². The molecule has 4 amide bonds. The van der Waals surface area contributed by atoms with Crippen molar-refractivity contribution >= 4 is 38.8 Å². The lowest BCUT2D eigenvalue weighted by Crippen LogP contribution is -2.57. The van der Waals surface area contributed by atoms with Crippen LogP contribution in [-0.4, -0.2) is 96.2 Å². The molecule has 2 saturated carbocycles. The summed E-state index contributed by atoms with van der Waals surface area (Å²) in [6.07, 6.45) is 6.67. The Labute approximate surface area is 298 Å². The first-order chi connectivity index (χ1) is 24.4. The normalized spacial score (nSPS) is 26.1. The van der Waals surface area contributed by atoms with E-state index in [0.29, 0.717) is 53.8 Å². The summed E-state index contributed by atoms with van der Waals surface area (Å²) in [7, 11) is -0.613. The van der Waals surface area contributed by atoms with Crippen LogP contribution in [0.4, 0.5) is 9.18 Å². The Bertz CT molecular complexity index is 2030. The van der Waals surface area contributed by atoms with Crippen molar-refractivity contribution in [3.8, 4) is 23.0 Å². The third-order valence-corrected chi connectivity index (χ3v) is 12.0. The average Bonchev–Trinajstić information content (AvgIpc) is 4.03. The van der Waals surface area contributed by atoms with Crippen molar-refractivity contribution in [2.24, 2.45) is 5.92 Å². The fourth-order valence-electron chi connectivity index (χ4n) is 6.98. The second-order valence-electron chi connectivity index (χ2n) is 13.9. The first kappa shape index (κ1) is 34.6. The number of halogens is 1. The number of carbonyl (C=O) groups is 3. The van der Waals surface area contributed by atoms with E-state index in [9.17, 15) is 27.2 Å². The van der Waals surface area contributed by atoms with Gasteiger partial charge >= 0.3 is 6.03 Å². The summed E-state index contributed by atoms with van der Waals surface area (Å²) in [5, 5.41) is 2.85. The number of rotatable bonds is 7. The first-order valence-electron chi connectivity index (χ1n) is 17.2. The van der Waals surface area contributed by atoms with Crippen LogP contribution in [0.25, 0.3) is 22.3 Å². The smallest absolute Gasteiger partial charge is 0.320 e. The van der Waals surface area contributed by atoms with Crippen LogP contribution in [0.15, 0.2) is 48.6 Å². The molecule has 15 heteroatoms. The van der Waals surface area contributed by atoms with Gasteiger partial charge < -0.3 is 24.6 Å². The van der Waals surface area contributed by atoms with Gasteiger partial charge in [-0.1, -0.05) is 12.2 Å². The molecule has 274 valence electrons. The molecule has 13 nitrogen and oxygen atoms in total. The Balaban J connectivity index is 0.00000271. The number of allylic oxidation sites excluding steroid dienone is 1. The molecule has 4 aliphatic rings. The molecule has 1 unspecified atom stereocenters. The maximum atomic E-state index is 14.2. The van der Waals surface area contributed by atoms with E-state index in [2.05, 4.69) is 10.0 Å². The zero-order valence-electron chi connectivity index (χ0n) is 28.7. The molecule has 2 N–H and O–H groups in total. The third kappa shape index (κ3) is 6.83. The SMILES string of the molecule is COc1ccc2c(O[C@@H]3C[C@H]4C(=O)NC5(C(=O)NS(=O)(=O)C6CC6)C[C@H]5/C=C\CCCCN(C)C(=O)N4C3)nc(-c3ccc(F)cc3)nc2c1C.[HH].[HH]. The van der Waals surface area contributed by atoms with Gasteiger partial charge in [0, 0.05) is 39.9 Å². The van der Waals surface area contributed by atoms with Crippen LogP contribution in [0, 0.1) is 18.7 Å². The number of nitrogens with one attached hydrogen (secondary N) is 2. The van der Waals surface area contributed by atoms with Gasteiger partial charge in [-0.05, 0) is 81.8 Å². The zero-order valence-corrected chi connectivity index (χ0v) is 29.5. The molecule has 3 heterocycles. The van der Waals surface area contributed by atoms with E-state index in [1.54, 1.807) is 43.3 Å². The monoisotopic (exact) mass is 724 g/mol. The third-order valence-electron chi connectivity index (χ3n) is 10.2. The molecule has 1 saturated heterocycles. The maximum absolute atomic E-state index is 14.2. The molecule has 1 aromatic heterocycles. The highest BCUT2D eigenvalue weighted by Gasteiger charge is 2.62. The fourth-order valence-corrected chi connectivity index (χ4v) is 8.34. The van der Waals surface area contributed by atoms with Crippen LogP contribution in [0.2, 0.25) is 0 Å². The molecule has 7 rings (SSSR count). The second-order valence-corrected chi connectivity index (χ2v) is 15.8. The van der Waals surface area contributed by atoms with E-state index in [0.717, 1.165) is 18.4 Å². The van der Waals surface area contributed by atoms with Crippen LogP contribution in [0.1, 0.15) is 53.4 Å². The molecule has 3 fully saturated rings. The minimum Gasteiger partial charge on any atom is -0.496 e. The zero-order chi connectivity index (χ0) is 36.1. The predicted molar refractivity (Wildman–Crippen MR) is 190 cm³/mol. The lowest BCUT2D eigenvalue weighted by molar-refractivity contribution is -0.131. The van der Waals surface area contributed by atoms with Gasteiger partial charge in [0.05, 0.1) is 29.8 Å². The summed E-state index contributed by atoms with van der Waals surface area (Å²) in [5.41, 5.74) is 0.407. The van der Waals surface area contributed by atoms with Gasteiger partial charge in [0.15, 0.2) is 5.82 Å². The minimum atomic E-state index is -3.86. The second kappa shape index (κ2) is 13.4. The van der Waals surface area contributed by atoms with Crippen molar-refractivity contribution in [3.05, 3.63) is 59.9 Å². The highest BCUT2D eigenvalue weighted by Crippen LogP contribution is 2.46. The van der Waals surface area contributed by atoms with Crippen LogP contribution in [0.3, 0.4) is 0 Å². The number of aryl methyl sites for hydroxylation is 1. The van der Waals surface area contributed by atoms with Crippen molar-refractivity contribution in [1.29, 1.82) is 0 Å². The number of nitrogens with zero attached hydrogens (tertiary/aromatic N) is 4. The van der Waals surface area contributed by atoms with Gasteiger partial charge in [-0.3, -0.25) is 14.3 Å². The van der Waals surface area contributed by atoms with E-state index in [1.807, 2.05) is 19.1 Å². The van der Waals surface area contributed by atoms with Crippen molar-refractivity contribution in [3.63, 3.8) is 0 Å². The number of hydrogen-bond acceptors (Lipinski definition) is 9. The van der Waals surface area contributed by atoms with Crippen molar-refractivity contribution < 1.29 is 39.5 Å². The summed E-state index contributed by atoms with van der Waals surface area (Å²) in [6, 6.07) is 7.95. The number of sulfonamides is 1. The topological polar surface area (TPSA) is 160 Å². The number of urea groups is 1. The molecule has 0 bridgehead atoms. The predicted octanol–water partition coefficient (Wildman–Crippen LogP) is 4.34. The Hall–Kier alpha value is -4.79. The summed E-state index contributed by atoms with van der Waals surface area (Å²) >= 11 is 0. The lowest BCUT2D eigenvalue weighted by Gasteiger charge is -2.30. The van der Waals surface area contributed by atoms with Gasteiger partial charge in [0.1, 0.15) is 29.3 Å². The lowest BCUT2D eigenvalue weighted by atomic mass is 10.1. The largest absolute Gasteiger partial charge is 0.496 e. The van der Waals surface area contributed by atoms with E-state index >= 15 is 0 Å². The van der Waals surface area contributed by atoms with E-state index in [1.165, 1.54) is 17.0 Å². The number of fused-ring (bicyclic) bond motifs is 3. The molecule has 2 aromatic carbocycles. The van der Waals surface area contributed by atoms with Gasteiger partial charge in [-0.25, -0.2) is 22.6 Å². The van der Waals surface area contributed by atoms with Crippen LogP contribution in [0.5, 0.6) is 11.6 Å². The Morgan fingerprint density at radius 3 is 2.61 bits per heavy atom. The Morgan fingerprint density at radius 2 is 1.88 bits per heavy atom. The summed E-state index contributed by atoms with van der Waals surface area (Å²) in [6.45, 7) is 2.39. The average molecular weight is 725 g/mol. The summed E-state index contributed by atoms with van der Waals surface area (Å²) < 4.78 is 53.6. The number of ether oxygens (including phenoxy) is 2. The van der Waals surface area contributed by atoms with Gasteiger partial charge in [-0.2, -0.15) is 4.98 Å². The first-order valence-corrected chi connectivity index (χ1v) is 18.8.